The number of nitrogens with one attached hydrogen (secondary N) is 1. The number of para-hydroxylation sites is 1. The summed E-state index contributed by atoms with van der Waals surface area (Å²) in [6, 6.07) is 29.2. The molecule has 0 unspecified atom stereocenters. The quantitative estimate of drug-likeness (QED) is 0.299. The first kappa shape index (κ1) is 23.4. The third-order valence-corrected chi connectivity index (χ3v) is 7.01. The molecule has 4 aromatic rings. The average Bonchev–Trinajstić information content (AvgIpc) is 3.25. The van der Waals surface area contributed by atoms with Crippen molar-refractivity contribution in [3.8, 4) is 0 Å². The molecule has 35 heavy (non-hydrogen) atoms. The van der Waals surface area contributed by atoms with Gasteiger partial charge in [0.1, 0.15) is 6.04 Å². The van der Waals surface area contributed by atoms with Gasteiger partial charge in [-0.25, -0.2) is 0 Å². The number of aromatic nitrogens is 1. The number of hydrogen-bond donors (Lipinski definition) is 1. The highest BCUT2D eigenvalue weighted by Crippen LogP contribution is 2.46. The van der Waals surface area contributed by atoms with E-state index in [-0.39, 0.29) is 30.2 Å². The summed E-state index contributed by atoms with van der Waals surface area (Å²) in [5, 5.41) is 1.21. The molecule has 1 N–H and O–H groups in total. The van der Waals surface area contributed by atoms with Gasteiger partial charge >= 0.3 is 5.97 Å². The second-order valence-electron chi connectivity index (χ2n) is 9.74. The number of nitrogens with zero attached hydrogens (tertiary/aromatic N) is 1. The average molecular weight is 467 g/mol. The van der Waals surface area contributed by atoms with Crippen LogP contribution in [0.1, 0.15) is 68.1 Å². The second-order valence-corrected chi connectivity index (χ2v) is 9.74. The van der Waals surface area contributed by atoms with Crippen LogP contribution in [-0.4, -0.2) is 28.0 Å². The SMILES string of the molecule is CCC[C@@H]1c2[nH]c3ccccc3c2C[C@@H](C(=O)OC(C)C)N1C(c1ccccc1)c1ccccc1. The Kier molecular flexibility index (Phi) is 6.74. The van der Waals surface area contributed by atoms with Crippen LogP contribution in [0.5, 0.6) is 0 Å². The highest BCUT2D eigenvalue weighted by molar-refractivity contribution is 5.87. The number of H-pyrrole nitrogens is 1. The molecule has 180 valence electrons. The van der Waals surface area contributed by atoms with Crippen LogP contribution >= 0.6 is 0 Å². The Balaban J connectivity index is 1.73. The number of rotatable bonds is 7. The molecule has 1 aromatic heterocycles. The Morgan fingerprint density at radius 2 is 1.54 bits per heavy atom. The van der Waals surface area contributed by atoms with Crippen molar-refractivity contribution in [2.75, 3.05) is 0 Å². The first-order valence-corrected chi connectivity index (χ1v) is 12.8. The maximum atomic E-state index is 13.7. The molecule has 3 aromatic carbocycles. The fourth-order valence-electron chi connectivity index (χ4n) is 5.64. The number of carbonyl (C=O) groups excluding carboxylic acids is 1. The normalized spacial score (nSPS) is 18.2. The van der Waals surface area contributed by atoms with Crippen LogP contribution < -0.4 is 0 Å². The first-order chi connectivity index (χ1) is 17.1. The summed E-state index contributed by atoms with van der Waals surface area (Å²) in [6.07, 6.45) is 2.42. The standard InChI is InChI=1S/C31H34N2O2/c1-4-13-27-29-25(24-18-11-12-19-26(24)32-29)20-28(31(34)35-21(2)3)33(27)30(22-14-7-5-8-15-22)23-16-9-6-10-17-23/h5-12,14-19,21,27-28,30,32H,4,13,20H2,1-3H3/t27-,28+/m1/s1. The van der Waals surface area contributed by atoms with Crippen molar-refractivity contribution in [1.29, 1.82) is 0 Å². The van der Waals surface area contributed by atoms with Crippen LogP contribution in [0, 0.1) is 0 Å². The highest BCUT2D eigenvalue weighted by atomic mass is 16.5. The van der Waals surface area contributed by atoms with Gasteiger partial charge in [-0.15, -0.1) is 0 Å². The number of ether oxygens (including phenoxy) is 1. The fraction of sp³-hybridized carbons (Fsp3) is 0.323. The van der Waals surface area contributed by atoms with Gasteiger partial charge in [0.2, 0.25) is 0 Å². The maximum Gasteiger partial charge on any atom is 0.324 e. The molecule has 2 heterocycles. The number of fused-ring (bicyclic) bond motifs is 3. The van der Waals surface area contributed by atoms with Crippen LogP contribution in [0.4, 0.5) is 0 Å². The predicted molar refractivity (Wildman–Crippen MR) is 141 cm³/mol. The van der Waals surface area contributed by atoms with E-state index in [1.165, 1.54) is 27.8 Å². The molecule has 0 spiro atoms. The third-order valence-electron chi connectivity index (χ3n) is 7.01. The van der Waals surface area contributed by atoms with Crippen LogP contribution in [0.25, 0.3) is 10.9 Å². The van der Waals surface area contributed by atoms with Gasteiger partial charge in [0.15, 0.2) is 0 Å². The molecule has 0 saturated carbocycles. The summed E-state index contributed by atoms with van der Waals surface area (Å²) in [5.74, 6) is -0.145. The summed E-state index contributed by atoms with van der Waals surface area (Å²) < 4.78 is 5.88. The van der Waals surface area contributed by atoms with Crippen molar-refractivity contribution in [1.82, 2.24) is 9.88 Å². The van der Waals surface area contributed by atoms with Crippen molar-refractivity contribution in [2.24, 2.45) is 0 Å². The van der Waals surface area contributed by atoms with Crippen molar-refractivity contribution < 1.29 is 9.53 Å². The van der Waals surface area contributed by atoms with Gasteiger partial charge in [0, 0.05) is 23.0 Å². The zero-order valence-electron chi connectivity index (χ0n) is 20.8. The Bertz CT molecular complexity index is 1240. The van der Waals surface area contributed by atoms with E-state index >= 15 is 0 Å². The van der Waals surface area contributed by atoms with Crippen molar-refractivity contribution in [2.45, 2.75) is 64.3 Å². The lowest BCUT2D eigenvalue weighted by molar-refractivity contribution is -0.157. The highest BCUT2D eigenvalue weighted by Gasteiger charge is 2.44. The third kappa shape index (κ3) is 4.51. The summed E-state index contributed by atoms with van der Waals surface area (Å²) >= 11 is 0. The van der Waals surface area contributed by atoms with E-state index < -0.39 is 0 Å². The van der Waals surface area contributed by atoms with E-state index in [4.69, 9.17) is 4.74 Å². The number of aromatic amines is 1. The van der Waals surface area contributed by atoms with Gasteiger partial charge in [-0.05, 0) is 43.0 Å². The maximum absolute atomic E-state index is 13.7. The smallest absolute Gasteiger partial charge is 0.324 e. The molecule has 0 aliphatic carbocycles. The first-order valence-electron chi connectivity index (χ1n) is 12.8. The zero-order chi connectivity index (χ0) is 24.4. The zero-order valence-corrected chi connectivity index (χ0v) is 20.8. The van der Waals surface area contributed by atoms with E-state index in [1.54, 1.807) is 0 Å². The Morgan fingerprint density at radius 3 is 2.14 bits per heavy atom. The summed E-state index contributed by atoms with van der Waals surface area (Å²) in [5.41, 5.74) is 5.98. The molecule has 5 rings (SSSR count). The summed E-state index contributed by atoms with van der Waals surface area (Å²) in [6.45, 7) is 6.08. The van der Waals surface area contributed by atoms with E-state index in [9.17, 15) is 4.79 Å². The molecule has 4 nitrogen and oxygen atoms in total. The molecule has 1 aliphatic heterocycles. The van der Waals surface area contributed by atoms with Gasteiger partial charge in [-0.1, -0.05) is 92.2 Å². The Morgan fingerprint density at radius 1 is 0.943 bits per heavy atom. The van der Waals surface area contributed by atoms with Gasteiger partial charge in [-0.2, -0.15) is 0 Å². The topological polar surface area (TPSA) is 45.3 Å². The lowest BCUT2D eigenvalue weighted by Gasteiger charge is -2.46. The Labute approximate surface area is 207 Å². The van der Waals surface area contributed by atoms with Crippen molar-refractivity contribution in [3.63, 3.8) is 0 Å². The van der Waals surface area contributed by atoms with Crippen LogP contribution in [0.3, 0.4) is 0 Å². The lowest BCUT2D eigenvalue weighted by Crippen LogP contribution is -2.51. The second kappa shape index (κ2) is 10.1. The predicted octanol–water partition coefficient (Wildman–Crippen LogP) is 6.98. The molecule has 0 bridgehead atoms. The minimum Gasteiger partial charge on any atom is -0.462 e. The van der Waals surface area contributed by atoms with Gasteiger partial charge < -0.3 is 9.72 Å². The number of carbonyl (C=O) groups is 1. The lowest BCUT2D eigenvalue weighted by atomic mass is 9.85. The molecular weight excluding hydrogens is 432 g/mol. The minimum atomic E-state index is -0.383. The van der Waals surface area contributed by atoms with E-state index in [1.807, 2.05) is 26.0 Å². The number of hydrogen-bond acceptors (Lipinski definition) is 3. The van der Waals surface area contributed by atoms with Gasteiger partial charge in [0.05, 0.1) is 18.2 Å². The molecule has 0 saturated heterocycles. The molecular formula is C31H34N2O2. The molecule has 4 heteroatoms. The molecule has 0 radical (unpaired) electrons. The fourth-order valence-corrected chi connectivity index (χ4v) is 5.64. The van der Waals surface area contributed by atoms with Gasteiger partial charge in [0.25, 0.3) is 0 Å². The van der Waals surface area contributed by atoms with Crippen LogP contribution in [-0.2, 0) is 16.0 Å². The van der Waals surface area contributed by atoms with E-state index in [0.717, 1.165) is 18.4 Å². The van der Waals surface area contributed by atoms with E-state index in [0.29, 0.717) is 6.42 Å². The number of benzene rings is 3. The minimum absolute atomic E-state index is 0.0614. The Hall–Kier alpha value is -3.37. The van der Waals surface area contributed by atoms with Crippen molar-refractivity contribution in [3.05, 3.63) is 107 Å². The van der Waals surface area contributed by atoms with Crippen molar-refractivity contribution >= 4 is 16.9 Å². The largest absolute Gasteiger partial charge is 0.462 e. The van der Waals surface area contributed by atoms with Crippen LogP contribution in [0.2, 0.25) is 0 Å². The van der Waals surface area contributed by atoms with Crippen LogP contribution in [0.15, 0.2) is 84.9 Å². The number of esters is 1. The van der Waals surface area contributed by atoms with Gasteiger partial charge in [-0.3, -0.25) is 9.69 Å². The van der Waals surface area contributed by atoms with E-state index in [2.05, 4.69) is 89.6 Å². The monoisotopic (exact) mass is 466 g/mol. The summed E-state index contributed by atoms with van der Waals surface area (Å²) in [4.78, 5) is 19.9. The molecule has 0 amide bonds. The molecule has 1 aliphatic rings. The molecule has 2 atom stereocenters. The molecule has 0 fully saturated rings. The summed E-state index contributed by atoms with van der Waals surface area (Å²) in [7, 11) is 0.